The molecule has 5 nitrogen and oxygen atoms in total. The summed E-state index contributed by atoms with van der Waals surface area (Å²) >= 11 is 0. The lowest BCUT2D eigenvalue weighted by Crippen LogP contribution is -2.35. The van der Waals surface area contributed by atoms with E-state index in [-0.39, 0.29) is 0 Å². The van der Waals surface area contributed by atoms with Gasteiger partial charge in [0.2, 0.25) is 5.88 Å². The standard InChI is InChI=1S/C12H20N4O/c1-17-12-8-14-7-11(16-12)15-10(6-13)9-4-2-3-5-9/h7-10H,2-6,13H2,1H3,(H,15,16). The van der Waals surface area contributed by atoms with Crippen LogP contribution in [0.4, 0.5) is 5.82 Å². The van der Waals surface area contributed by atoms with Gasteiger partial charge in [-0.25, -0.2) is 0 Å². The van der Waals surface area contributed by atoms with Gasteiger partial charge in [-0.2, -0.15) is 4.98 Å². The minimum atomic E-state index is 0.291. The van der Waals surface area contributed by atoms with Crippen molar-refractivity contribution in [1.82, 2.24) is 9.97 Å². The molecule has 0 amide bonds. The van der Waals surface area contributed by atoms with Gasteiger partial charge in [-0.3, -0.25) is 4.98 Å². The molecule has 0 aliphatic heterocycles. The Morgan fingerprint density at radius 2 is 2.24 bits per heavy atom. The van der Waals surface area contributed by atoms with Crippen molar-refractivity contribution in [1.29, 1.82) is 0 Å². The summed E-state index contributed by atoms with van der Waals surface area (Å²) in [6.07, 6.45) is 8.44. The number of nitrogens with two attached hydrogens (primary N) is 1. The molecule has 2 rings (SSSR count). The van der Waals surface area contributed by atoms with Crippen LogP contribution in [0.5, 0.6) is 5.88 Å². The number of aromatic nitrogens is 2. The van der Waals surface area contributed by atoms with Gasteiger partial charge in [-0.05, 0) is 18.8 Å². The van der Waals surface area contributed by atoms with Crippen LogP contribution in [-0.4, -0.2) is 29.7 Å². The normalized spacial score (nSPS) is 18.0. The van der Waals surface area contributed by atoms with E-state index in [4.69, 9.17) is 10.5 Å². The maximum atomic E-state index is 5.83. The van der Waals surface area contributed by atoms with E-state index >= 15 is 0 Å². The van der Waals surface area contributed by atoms with Crippen molar-refractivity contribution < 1.29 is 4.74 Å². The Kier molecular flexibility index (Phi) is 4.14. The second kappa shape index (κ2) is 5.82. The maximum Gasteiger partial charge on any atom is 0.233 e. The second-order valence-corrected chi connectivity index (χ2v) is 4.48. The number of rotatable bonds is 5. The zero-order valence-electron chi connectivity index (χ0n) is 10.2. The monoisotopic (exact) mass is 236 g/mol. The van der Waals surface area contributed by atoms with E-state index in [1.807, 2.05) is 0 Å². The summed E-state index contributed by atoms with van der Waals surface area (Å²) in [7, 11) is 1.59. The Balaban J connectivity index is 2.01. The highest BCUT2D eigenvalue weighted by Crippen LogP contribution is 2.28. The SMILES string of the molecule is COc1cncc(NC(CN)C2CCCC2)n1. The highest BCUT2D eigenvalue weighted by Gasteiger charge is 2.24. The third-order valence-electron chi connectivity index (χ3n) is 3.38. The number of methoxy groups -OCH3 is 1. The summed E-state index contributed by atoms with van der Waals surface area (Å²) in [5, 5.41) is 3.37. The molecule has 0 aromatic carbocycles. The Morgan fingerprint density at radius 3 is 2.88 bits per heavy atom. The summed E-state index contributed by atoms with van der Waals surface area (Å²) in [6, 6.07) is 0.291. The van der Waals surface area contributed by atoms with Crippen LogP contribution in [-0.2, 0) is 0 Å². The molecule has 94 valence electrons. The largest absolute Gasteiger partial charge is 0.480 e. The topological polar surface area (TPSA) is 73.1 Å². The van der Waals surface area contributed by atoms with E-state index in [0.29, 0.717) is 24.4 Å². The Labute approximate surface area is 102 Å². The molecule has 1 saturated carbocycles. The summed E-state index contributed by atoms with van der Waals surface area (Å²) in [5.74, 6) is 1.93. The second-order valence-electron chi connectivity index (χ2n) is 4.48. The predicted octanol–water partition coefficient (Wildman–Crippen LogP) is 1.41. The van der Waals surface area contributed by atoms with Crippen molar-refractivity contribution in [2.24, 2.45) is 11.7 Å². The number of ether oxygens (including phenoxy) is 1. The fourth-order valence-electron chi connectivity index (χ4n) is 2.43. The molecule has 0 saturated heterocycles. The highest BCUT2D eigenvalue weighted by atomic mass is 16.5. The van der Waals surface area contributed by atoms with Gasteiger partial charge < -0.3 is 15.8 Å². The number of nitrogens with zero attached hydrogens (tertiary/aromatic N) is 2. The van der Waals surface area contributed by atoms with Gasteiger partial charge in [0.05, 0.1) is 19.5 Å². The van der Waals surface area contributed by atoms with Crippen molar-refractivity contribution in [3.05, 3.63) is 12.4 Å². The van der Waals surface area contributed by atoms with Gasteiger partial charge in [0.15, 0.2) is 0 Å². The molecule has 1 atom stereocenters. The van der Waals surface area contributed by atoms with Crippen LogP contribution >= 0.6 is 0 Å². The van der Waals surface area contributed by atoms with E-state index in [2.05, 4.69) is 15.3 Å². The minimum absolute atomic E-state index is 0.291. The van der Waals surface area contributed by atoms with Gasteiger partial charge in [0, 0.05) is 12.6 Å². The lowest BCUT2D eigenvalue weighted by molar-refractivity contribution is 0.395. The maximum absolute atomic E-state index is 5.83. The molecule has 1 unspecified atom stereocenters. The molecule has 0 radical (unpaired) electrons. The summed E-state index contributed by atoms with van der Waals surface area (Å²) in [6.45, 7) is 0.629. The zero-order chi connectivity index (χ0) is 12.1. The Morgan fingerprint density at radius 1 is 1.47 bits per heavy atom. The van der Waals surface area contributed by atoms with Crippen LogP contribution in [0.1, 0.15) is 25.7 Å². The zero-order valence-corrected chi connectivity index (χ0v) is 10.2. The molecule has 1 heterocycles. The van der Waals surface area contributed by atoms with E-state index in [0.717, 1.165) is 5.82 Å². The smallest absolute Gasteiger partial charge is 0.233 e. The average molecular weight is 236 g/mol. The molecule has 0 bridgehead atoms. The van der Waals surface area contributed by atoms with Gasteiger partial charge in [0.1, 0.15) is 5.82 Å². The molecular weight excluding hydrogens is 216 g/mol. The third kappa shape index (κ3) is 3.06. The summed E-state index contributed by atoms with van der Waals surface area (Å²) < 4.78 is 5.05. The van der Waals surface area contributed by atoms with Crippen LogP contribution in [0, 0.1) is 5.92 Å². The third-order valence-corrected chi connectivity index (χ3v) is 3.38. The lowest BCUT2D eigenvalue weighted by atomic mass is 9.98. The van der Waals surface area contributed by atoms with Crippen molar-refractivity contribution in [2.45, 2.75) is 31.7 Å². The molecular formula is C12H20N4O. The van der Waals surface area contributed by atoms with Crippen molar-refractivity contribution in [3.8, 4) is 5.88 Å². The van der Waals surface area contributed by atoms with Crippen LogP contribution in [0.25, 0.3) is 0 Å². The summed E-state index contributed by atoms with van der Waals surface area (Å²) in [4.78, 5) is 8.38. The average Bonchev–Trinajstić information content (AvgIpc) is 2.90. The summed E-state index contributed by atoms with van der Waals surface area (Å²) in [5.41, 5.74) is 5.83. The first-order valence-corrected chi connectivity index (χ1v) is 6.16. The molecule has 1 aliphatic carbocycles. The number of nitrogens with one attached hydrogen (secondary N) is 1. The van der Waals surface area contributed by atoms with Crippen LogP contribution in [0.3, 0.4) is 0 Å². The number of anilines is 1. The van der Waals surface area contributed by atoms with Crippen molar-refractivity contribution in [2.75, 3.05) is 19.0 Å². The van der Waals surface area contributed by atoms with Gasteiger partial charge in [-0.1, -0.05) is 12.8 Å². The molecule has 17 heavy (non-hydrogen) atoms. The molecule has 5 heteroatoms. The first-order valence-electron chi connectivity index (χ1n) is 6.16. The minimum Gasteiger partial charge on any atom is -0.480 e. The highest BCUT2D eigenvalue weighted by molar-refractivity contribution is 5.35. The van der Waals surface area contributed by atoms with E-state index in [1.54, 1.807) is 19.5 Å². The van der Waals surface area contributed by atoms with Crippen molar-refractivity contribution >= 4 is 5.82 Å². The van der Waals surface area contributed by atoms with E-state index in [9.17, 15) is 0 Å². The first-order chi connectivity index (χ1) is 8.33. The van der Waals surface area contributed by atoms with Crippen molar-refractivity contribution in [3.63, 3.8) is 0 Å². The van der Waals surface area contributed by atoms with E-state index in [1.165, 1.54) is 25.7 Å². The molecule has 0 spiro atoms. The van der Waals surface area contributed by atoms with Gasteiger partial charge >= 0.3 is 0 Å². The fraction of sp³-hybridized carbons (Fsp3) is 0.667. The fourth-order valence-corrected chi connectivity index (χ4v) is 2.43. The Hall–Kier alpha value is -1.36. The Bertz CT molecular complexity index is 352. The van der Waals surface area contributed by atoms with Gasteiger partial charge in [0.25, 0.3) is 0 Å². The molecule has 1 aliphatic rings. The predicted molar refractivity (Wildman–Crippen MR) is 67.0 cm³/mol. The molecule has 1 aromatic heterocycles. The number of hydrogen-bond acceptors (Lipinski definition) is 5. The van der Waals surface area contributed by atoms with Crippen LogP contribution < -0.4 is 15.8 Å². The quantitative estimate of drug-likeness (QED) is 0.808. The first kappa shape index (κ1) is 12.1. The molecule has 3 N–H and O–H groups in total. The molecule has 1 fully saturated rings. The van der Waals surface area contributed by atoms with Crippen LogP contribution in [0.15, 0.2) is 12.4 Å². The number of hydrogen-bond donors (Lipinski definition) is 2. The van der Waals surface area contributed by atoms with E-state index < -0.39 is 0 Å². The molecule has 1 aromatic rings. The lowest BCUT2D eigenvalue weighted by Gasteiger charge is -2.23. The van der Waals surface area contributed by atoms with Crippen LogP contribution in [0.2, 0.25) is 0 Å². The van der Waals surface area contributed by atoms with Gasteiger partial charge in [-0.15, -0.1) is 0 Å².